The molecule has 84 valence electrons. The van der Waals surface area contributed by atoms with Gasteiger partial charge in [0, 0.05) is 11.6 Å². The first-order valence-electron chi connectivity index (χ1n) is 4.68. The van der Waals surface area contributed by atoms with E-state index in [2.05, 4.69) is 5.16 Å². The molecule has 0 bridgehead atoms. The summed E-state index contributed by atoms with van der Waals surface area (Å²) in [4.78, 5) is 0. The van der Waals surface area contributed by atoms with Gasteiger partial charge < -0.3 is 15.0 Å². The largest absolute Gasteiger partial charge is 0.497 e. The number of halogens is 1. The summed E-state index contributed by atoms with van der Waals surface area (Å²) in [5.74, 6) is 1.57. The van der Waals surface area contributed by atoms with Gasteiger partial charge in [-0.3, -0.25) is 0 Å². The number of aromatic nitrogens is 1. The lowest BCUT2D eigenvalue weighted by Gasteiger charge is -2.07. The van der Waals surface area contributed by atoms with Gasteiger partial charge in [0.05, 0.1) is 12.1 Å². The topological polar surface area (TPSA) is 61.3 Å². The van der Waals surface area contributed by atoms with Crippen LogP contribution in [0.2, 0.25) is 5.02 Å². The Balaban J connectivity index is 2.59. The van der Waals surface area contributed by atoms with Gasteiger partial charge in [-0.25, -0.2) is 0 Å². The Hall–Kier alpha value is -1.68. The molecule has 2 N–H and O–H groups in total. The molecule has 1 heterocycles. The minimum atomic E-state index is 0.325. The highest BCUT2D eigenvalue weighted by molar-refractivity contribution is 6.34. The Labute approximate surface area is 97.9 Å². The zero-order chi connectivity index (χ0) is 11.7. The lowest BCUT2D eigenvalue weighted by molar-refractivity contribution is 0.413. The quantitative estimate of drug-likeness (QED) is 0.874. The summed E-state index contributed by atoms with van der Waals surface area (Å²) in [6.45, 7) is 1.90. The van der Waals surface area contributed by atoms with Crippen molar-refractivity contribution in [3.63, 3.8) is 0 Å². The predicted molar refractivity (Wildman–Crippen MR) is 62.7 cm³/mol. The number of aryl methyl sites for hydroxylation is 1. The van der Waals surface area contributed by atoms with Crippen LogP contribution < -0.4 is 10.5 Å². The number of hydrogen-bond acceptors (Lipinski definition) is 4. The fourth-order valence-corrected chi connectivity index (χ4v) is 1.65. The van der Waals surface area contributed by atoms with Crippen LogP contribution in [0.4, 0.5) is 5.82 Å². The minimum absolute atomic E-state index is 0.325. The molecule has 0 unspecified atom stereocenters. The van der Waals surface area contributed by atoms with Crippen molar-refractivity contribution < 1.29 is 9.26 Å². The normalized spacial score (nSPS) is 10.4. The highest BCUT2D eigenvalue weighted by Gasteiger charge is 2.13. The van der Waals surface area contributed by atoms with Crippen LogP contribution in [0.15, 0.2) is 22.7 Å². The zero-order valence-electron chi connectivity index (χ0n) is 8.95. The maximum atomic E-state index is 6.18. The fourth-order valence-electron chi connectivity index (χ4n) is 1.45. The van der Waals surface area contributed by atoms with E-state index in [0.29, 0.717) is 22.4 Å². The number of ether oxygens (including phenoxy) is 1. The van der Waals surface area contributed by atoms with Crippen LogP contribution in [0.5, 0.6) is 5.75 Å². The molecular weight excluding hydrogens is 228 g/mol. The highest BCUT2D eigenvalue weighted by atomic mass is 35.5. The maximum Gasteiger partial charge on any atom is 0.170 e. The molecule has 1 aromatic heterocycles. The molecule has 0 radical (unpaired) electrons. The summed E-state index contributed by atoms with van der Waals surface area (Å²) >= 11 is 6.18. The average molecular weight is 239 g/mol. The molecule has 0 spiro atoms. The zero-order valence-corrected chi connectivity index (χ0v) is 9.71. The first-order chi connectivity index (χ1) is 7.61. The van der Waals surface area contributed by atoms with Gasteiger partial charge in [-0.05, 0) is 24.6 Å². The van der Waals surface area contributed by atoms with E-state index in [1.54, 1.807) is 19.2 Å². The van der Waals surface area contributed by atoms with Crippen LogP contribution in [-0.4, -0.2) is 12.3 Å². The molecule has 0 aliphatic carbocycles. The second-order valence-electron chi connectivity index (χ2n) is 3.42. The molecule has 0 saturated carbocycles. The van der Waals surface area contributed by atoms with Crippen LogP contribution >= 0.6 is 11.6 Å². The summed E-state index contributed by atoms with van der Waals surface area (Å²) in [5, 5.41) is 4.23. The first-order valence-corrected chi connectivity index (χ1v) is 5.06. The number of benzene rings is 1. The predicted octanol–water partition coefficient (Wildman–Crippen LogP) is 2.89. The van der Waals surface area contributed by atoms with Gasteiger partial charge in [0.2, 0.25) is 0 Å². The molecule has 0 atom stereocenters. The summed E-state index contributed by atoms with van der Waals surface area (Å²) in [6, 6.07) is 5.26. The summed E-state index contributed by atoms with van der Waals surface area (Å²) < 4.78 is 10.2. The molecule has 5 heteroatoms. The molecule has 4 nitrogen and oxygen atoms in total. The molecule has 0 fully saturated rings. The molecule has 16 heavy (non-hydrogen) atoms. The number of nitrogens with two attached hydrogens (primary N) is 1. The van der Waals surface area contributed by atoms with Gasteiger partial charge >= 0.3 is 0 Å². The van der Waals surface area contributed by atoms with Crippen molar-refractivity contribution in [2.24, 2.45) is 0 Å². The SMILES string of the molecule is COc1cc(C)c(Cl)c(-c2cc(N)no2)c1. The van der Waals surface area contributed by atoms with Crippen molar-refractivity contribution in [1.29, 1.82) is 0 Å². The Morgan fingerprint density at radius 3 is 2.69 bits per heavy atom. The minimum Gasteiger partial charge on any atom is -0.497 e. The standard InChI is InChI=1S/C11H11ClN2O2/c1-6-3-7(15-2)4-8(11(6)12)9-5-10(13)14-16-9/h3-5H,1-2H3,(H2,13,14). The van der Waals surface area contributed by atoms with Gasteiger partial charge in [0.15, 0.2) is 11.6 Å². The highest BCUT2D eigenvalue weighted by Crippen LogP contribution is 2.34. The smallest absolute Gasteiger partial charge is 0.170 e. The second kappa shape index (κ2) is 4.06. The Bertz CT molecular complexity index is 523. The molecule has 2 rings (SSSR count). The van der Waals surface area contributed by atoms with E-state index < -0.39 is 0 Å². The summed E-state index contributed by atoms with van der Waals surface area (Å²) in [5.41, 5.74) is 7.13. The summed E-state index contributed by atoms with van der Waals surface area (Å²) in [6.07, 6.45) is 0. The fraction of sp³-hybridized carbons (Fsp3) is 0.182. The molecule has 0 aliphatic rings. The first kappa shape index (κ1) is 10.8. The van der Waals surface area contributed by atoms with Crippen LogP contribution in [-0.2, 0) is 0 Å². The Kier molecular flexibility index (Phi) is 2.75. The number of hydrogen-bond donors (Lipinski definition) is 1. The van der Waals surface area contributed by atoms with Crippen molar-refractivity contribution in [1.82, 2.24) is 5.16 Å². The van der Waals surface area contributed by atoms with E-state index in [1.165, 1.54) is 0 Å². The van der Waals surface area contributed by atoms with E-state index in [-0.39, 0.29) is 0 Å². The van der Waals surface area contributed by atoms with Crippen molar-refractivity contribution in [2.45, 2.75) is 6.92 Å². The lowest BCUT2D eigenvalue weighted by Crippen LogP contribution is -1.87. The van der Waals surface area contributed by atoms with E-state index in [9.17, 15) is 0 Å². The average Bonchev–Trinajstić information content (AvgIpc) is 2.68. The van der Waals surface area contributed by atoms with Crippen LogP contribution in [0, 0.1) is 6.92 Å². The van der Waals surface area contributed by atoms with Crippen molar-refractivity contribution in [3.8, 4) is 17.1 Å². The third kappa shape index (κ3) is 1.84. The third-order valence-electron chi connectivity index (χ3n) is 2.26. The van der Waals surface area contributed by atoms with Crippen LogP contribution in [0.25, 0.3) is 11.3 Å². The van der Waals surface area contributed by atoms with Crippen LogP contribution in [0.1, 0.15) is 5.56 Å². The number of rotatable bonds is 2. The van der Waals surface area contributed by atoms with Gasteiger partial charge in [0.1, 0.15) is 5.75 Å². The second-order valence-corrected chi connectivity index (χ2v) is 3.80. The molecule has 2 aromatic rings. The molecular formula is C11H11ClN2O2. The number of methoxy groups -OCH3 is 1. The van der Waals surface area contributed by atoms with Crippen molar-refractivity contribution >= 4 is 17.4 Å². The summed E-state index contributed by atoms with van der Waals surface area (Å²) in [7, 11) is 1.60. The van der Waals surface area contributed by atoms with Crippen molar-refractivity contribution in [2.75, 3.05) is 12.8 Å². The number of nitrogen functional groups attached to an aromatic ring is 1. The van der Waals surface area contributed by atoms with E-state index in [1.807, 2.05) is 13.0 Å². The molecule has 0 saturated heterocycles. The number of anilines is 1. The monoisotopic (exact) mass is 238 g/mol. The van der Waals surface area contributed by atoms with Gasteiger partial charge in [-0.2, -0.15) is 0 Å². The van der Waals surface area contributed by atoms with E-state index in [4.69, 9.17) is 26.6 Å². The third-order valence-corrected chi connectivity index (χ3v) is 2.76. The maximum absolute atomic E-state index is 6.18. The molecule has 1 aromatic carbocycles. The van der Waals surface area contributed by atoms with Gasteiger partial charge in [0.25, 0.3) is 0 Å². The van der Waals surface area contributed by atoms with Gasteiger partial charge in [-0.1, -0.05) is 16.8 Å². The van der Waals surface area contributed by atoms with Gasteiger partial charge in [-0.15, -0.1) is 0 Å². The van der Waals surface area contributed by atoms with Crippen LogP contribution in [0.3, 0.4) is 0 Å². The molecule has 0 aliphatic heterocycles. The van der Waals surface area contributed by atoms with Crippen molar-refractivity contribution in [3.05, 3.63) is 28.8 Å². The lowest BCUT2D eigenvalue weighted by atomic mass is 10.1. The number of nitrogens with zero attached hydrogens (tertiary/aromatic N) is 1. The molecule has 0 amide bonds. The van der Waals surface area contributed by atoms with E-state index in [0.717, 1.165) is 11.1 Å². The Morgan fingerprint density at radius 2 is 2.12 bits per heavy atom. The Morgan fingerprint density at radius 1 is 1.38 bits per heavy atom. The van der Waals surface area contributed by atoms with E-state index >= 15 is 0 Å².